The molecule has 0 spiro atoms. The fourth-order valence-electron chi connectivity index (χ4n) is 3.78. The fraction of sp³-hybridized carbons (Fsp3) is 0. The smallest absolute Gasteiger partial charge is 0.0998 e. The Labute approximate surface area is 211 Å². The van der Waals surface area contributed by atoms with Crippen molar-refractivity contribution in [3.05, 3.63) is 143 Å². The van der Waals surface area contributed by atoms with E-state index in [2.05, 4.69) is 18.2 Å². The zero-order chi connectivity index (χ0) is 25.2. The molecule has 3 nitrogen and oxygen atoms in total. The second-order valence-electron chi connectivity index (χ2n) is 8.04. The van der Waals surface area contributed by atoms with Crippen LogP contribution in [-0.2, 0) is 0 Å². The van der Waals surface area contributed by atoms with Crippen LogP contribution in [0, 0.1) is 34.0 Å². The largest absolute Gasteiger partial charge is 0.192 e. The van der Waals surface area contributed by atoms with Crippen LogP contribution < -0.4 is 0 Å². The van der Waals surface area contributed by atoms with Crippen molar-refractivity contribution >= 4 is 34.9 Å². The Kier molecular flexibility index (Phi) is 7.66. The summed E-state index contributed by atoms with van der Waals surface area (Å²) in [6.45, 7) is 0. The van der Waals surface area contributed by atoms with Gasteiger partial charge in [-0.25, -0.2) is 0 Å². The standard InChI is InChI=1S/C33H21N3/c34-22-31(16-25-10-4-1-5-11-25)28-19-29(32(23-35)17-26-12-6-2-7-13-26)21-30(20-28)33(24-36)18-27-14-8-3-9-15-27/h1-21H/b31-16+,32-17+,33-18+. The van der Waals surface area contributed by atoms with Crippen molar-refractivity contribution in [1.82, 2.24) is 0 Å². The highest BCUT2D eigenvalue weighted by atomic mass is 14.3. The Morgan fingerprint density at radius 3 is 0.889 bits per heavy atom. The normalized spacial score (nSPS) is 11.8. The van der Waals surface area contributed by atoms with Crippen molar-refractivity contribution in [2.24, 2.45) is 0 Å². The summed E-state index contributed by atoms with van der Waals surface area (Å²) in [6.07, 6.45) is 5.43. The SMILES string of the molecule is N#C/C(=C\c1ccccc1)c1cc(/C(C#N)=C/c2ccccc2)cc(/C(C#N)=C/c2ccccc2)c1. The molecule has 168 valence electrons. The first-order chi connectivity index (χ1) is 17.7. The van der Waals surface area contributed by atoms with Crippen LogP contribution in [0.4, 0.5) is 0 Å². The van der Waals surface area contributed by atoms with Gasteiger partial charge in [-0.05, 0) is 69.8 Å². The van der Waals surface area contributed by atoms with Crippen LogP contribution in [0.25, 0.3) is 34.9 Å². The quantitative estimate of drug-likeness (QED) is 0.217. The minimum Gasteiger partial charge on any atom is -0.192 e. The third-order valence-corrected chi connectivity index (χ3v) is 5.56. The lowest BCUT2D eigenvalue weighted by molar-refractivity contribution is 1.48. The summed E-state index contributed by atoms with van der Waals surface area (Å²) >= 11 is 0. The molecule has 0 unspecified atom stereocenters. The molecule has 4 aromatic rings. The molecule has 4 rings (SSSR count). The molecule has 0 aromatic heterocycles. The lowest BCUT2D eigenvalue weighted by Crippen LogP contribution is -1.93. The number of allylic oxidation sites excluding steroid dienone is 3. The molecule has 0 saturated heterocycles. The predicted octanol–water partition coefficient (Wildman–Crippen LogP) is 7.88. The maximum absolute atomic E-state index is 10.0. The Hall–Kier alpha value is -5.43. The molecule has 0 atom stereocenters. The van der Waals surface area contributed by atoms with E-state index >= 15 is 0 Å². The van der Waals surface area contributed by atoms with E-state index in [1.807, 2.05) is 127 Å². The molecule has 0 bridgehead atoms. The van der Waals surface area contributed by atoms with Gasteiger partial charge < -0.3 is 0 Å². The maximum atomic E-state index is 10.0. The van der Waals surface area contributed by atoms with Crippen molar-refractivity contribution in [2.75, 3.05) is 0 Å². The number of nitrogens with zero attached hydrogens (tertiary/aromatic N) is 3. The summed E-state index contributed by atoms with van der Waals surface area (Å²) in [7, 11) is 0. The molecule has 36 heavy (non-hydrogen) atoms. The molecule has 0 aliphatic heterocycles. The van der Waals surface area contributed by atoms with Crippen LogP contribution >= 0.6 is 0 Å². The second-order valence-corrected chi connectivity index (χ2v) is 8.04. The molecule has 3 heteroatoms. The molecule has 0 N–H and O–H groups in total. The molecule has 0 amide bonds. The maximum Gasteiger partial charge on any atom is 0.0998 e. The van der Waals surface area contributed by atoms with Crippen LogP contribution in [0.1, 0.15) is 33.4 Å². The van der Waals surface area contributed by atoms with E-state index in [1.165, 1.54) is 0 Å². The highest BCUT2D eigenvalue weighted by molar-refractivity contribution is 5.97. The Bertz CT molecular complexity index is 1370. The second kappa shape index (κ2) is 11.6. The summed E-state index contributed by atoms with van der Waals surface area (Å²) in [6, 6.07) is 41.1. The first-order valence-electron chi connectivity index (χ1n) is 11.4. The molecule has 0 radical (unpaired) electrons. The van der Waals surface area contributed by atoms with Gasteiger partial charge in [0.1, 0.15) is 0 Å². The van der Waals surface area contributed by atoms with Gasteiger partial charge in [0.15, 0.2) is 0 Å². The predicted molar refractivity (Wildman–Crippen MR) is 146 cm³/mol. The zero-order valence-corrected chi connectivity index (χ0v) is 19.5. The number of hydrogen-bond acceptors (Lipinski definition) is 3. The van der Waals surface area contributed by atoms with E-state index in [9.17, 15) is 15.8 Å². The van der Waals surface area contributed by atoms with E-state index in [-0.39, 0.29) is 0 Å². The van der Waals surface area contributed by atoms with E-state index in [1.54, 1.807) is 0 Å². The highest BCUT2D eigenvalue weighted by Crippen LogP contribution is 2.29. The molecule has 0 aliphatic carbocycles. The van der Waals surface area contributed by atoms with Crippen molar-refractivity contribution in [1.29, 1.82) is 15.8 Å². The van der Waals surface area contributed by atoms with Crippen LogP contribution in [0.3, 0.4) is 0 Å². The average molecular weight is 460 g/mol. The minimum atomic E-state index is 0.443. The third kappa shape index (κ3) is 5.92. The van der Waals surface area contributed by atoms with Gasteiger partial charge in [0.25, 0.3) is 0 Å². The summed E-state index contributed by atoms with van der Waals surface area (Å²) < 4.78 is 0. The Balaban J connectivity index is 1.92. The lowest BCUT2D eigenvalue weighted by Gasteiger charge is -2.10. The van der Waals surface area contributed by atoms with E-state index in [4.69, 9.17) is 0 Å². The summed E-state index contributed by atoms with van der Waals surface area (Å²) in [5, 5.41) is 30.0. The lowest BCUT2D eigenvalue weighted by atomic mass is 9.92. The van der Waals surface area contributed by atoms with Gasteiger partial charge in [0.05, 0.1) is 34.9 Å². The van der Waals surface area contributed by atoms with Gasteiger partial charge in [-0.2, -0.15) is 15.8 Å². The van der Waals surface area contributed by atoms with Crippen molar-refractivity contribution in [3.63, 3.8) is 0 Å². The van der Waals surface area contributed by atoms with Crippen molar-refractivity contribution in [2.45, 2.75) is 0 Å². The summed E-state index contributed by atoms with van der Waals surface area (Å²) in [5.74, 6) is 0. The van der Waals surface area contributed by atoms with E-state index < -0.39 is 0 Å². The number of rotatable bonds is 6. The molecule has 4 aromatic carbocycles. The number of hydrogen-bond donors (Lipinski definition) is 0. The van der Waals surface area contributed by atoms with E-state index in [0.29, 0.717) is 33.4 Å². The Morgan fingerprint density at radius 2 is 0.667 bits per heavy atom. The van der Waals surface area contributed by atoms with Gasteiger partial charge in [-0.3, -0.25) is 0 Å². The van der Waals surface area contributed by atoms with Gasteiger partial charge in [0, 0.05) is 0 Å². The topological polar surface area (TPSA) is 71.4 Å². The molecule has 0 fully saturated rings. The van der Waals surface area contributed by atoms with Crippen molar-refractivity contribution in [3.8, 4) is 18.2 Å². The average Bonchev–Trinajstić information content (AvgIpc) is 2.94. The van der Waals surface area contributed by atoms with Crippen LogP contribution in [0.5, 0.6) is 0 Å². The van der Waals surface area contributed by atoms with Crippen LogP contribution in [-0.4, -0.2) is 0 Å². The zero-order valence-electron chi connectivity index (χ0n) is 19.5. The summed E-state index contributed by atoms with van der Waals surface area (Å²) in [4.78, 5) is 0. The molecular weight excluding hydrogens is 438 g/mol. The van der Waals surface area contributed by atoms with Gasteiger partial charge >= 0.3 is 0 Å². The van der Waals surface area contributed by atoms with Crippen LogP contribution in [0.15, 0.2) is 109 Å². The molecule has 0 heterocycles. The molecular formula is C33H21N3. The Morgan fingerprint density at radius 1 is 0.417 bits per heavy atom. The van der Waals surface area contributed by atoms with E-state index in [0.717, 1.165) is 16.7 Å². The monoisotopic (exact) mass is 459 g/mol. The highest BCUT2D eigenvalue weighted by Gasteiger charge is 2.12. The van der Waals surface area contributed by atoms with Crippen LogP contribution in [0.2, 0.25) is 0 Å². The number of nitriles is 3. The third-order valence-electron chi connectivity index (χ3n) is 5.56. The van der Waals surface area contributed by atoms with Gasteiger partial charge in [0.2, 0.25) is 0 Å². The number of benzene rings is 4. The first kappa shape index (κ1) is 23.7. The van der Waals surface area contributed by atoms with Gasteiger partial charge in [-0.1, -0.05) is 91.0 Å². The summed E-state index contributed by atoms with van der Waals surface area (Å²) in [5.41, 5.74) is 5.91. The van der Waals surface area contributed by atoms with Crippen molar-refractivity contribution < 1.29 is 0 Å². The fourth-order valence-corrected chi connectivity index (χ4v) is 3.78. The first-order valence-corrected chi connectivity index (χ1v) is 11.4. The molecule has 0 aliphatic rings. The molecule has 0 saturated carbocycles. The van der Waals surface area contributed by atoms with Gasteiger partial charge in [-0.15, -0.1) is 0 Å². The minimum absolute atomic E-state index is 0.443.